The van der Waals surface area contributed by atoms with Gasteiger partial charge in [-0.15, -0.1) is 0 Å². The van der Waals surface area contributed by atoms with Crippen molar-refractivity contribution < 1.29 is 9.53 Å². The van der Waals surface area contributed by atoms with Crippen molar-refractivity contribution in [2.24, 2.45) is 0 Å². The number of Topliss-reactive ketones (excluding diaryl/α,β-unsaturated/α-hetero) is 1. The number of nitrogens with zero attached hydrogens (tertiary/aromatic N) is 2. The Hall–Kier alpha value is -2.10. The van der Waals surface area contributed by atoms with E-state index in [1.165, 1.54) is 0 Å². The van der Waals surface area contributed by atoms with Crippen LogP contribution in [-0.4, -0.2) is 21.7 Å². The normalized spacial score (nSPS) is 10.6. The van der Waals surface area contributed by atoms with Gasteiger partial charge >= 0.3 is 0 Å². The first-order valence-corrected chi connectivity index (χ1v) is 5.92. The molecule has 0 aliphatic carbocycles. The van der Waals surface area contributed by atoms with Gasteiger partial charge in [0, 0.05) is 5.56 Å². The lowest BCUT2D eigenvalue weighted by Crippen LogP contribution is -2.10. The Balaban J connectivity index is 2.01. The molecule has 18 heavy (non-hydrogen) atoms. The molecule has 2 aromatic rings. The lowest BCUT2D eigenvalue weighted by atomic mass is 10.1. The molecule has 0 aliphatic rings. The number of hydrogen-bond donors (Lipinski definition) is 0. The van der Waals surface area contributed by atoms with E-state index in [4.69, 9.17) is 4.74 Å². The fourth-order valence-electron chi connectivity index (χ4n) is 1.63. The predicted molar refractivity (Wildman–Crippen MR) is 68.8 cm³/mol. The molecule has 4 heteroatoms. The van der Waals surface area contributed by atoms with Gasteiger partial charge in [0.05, 0.1) is 18.5 Å². The van der Waals surface area contributed by atoms with Crippen LogP contribution >= 0.6 is 0 Å². The maximum absolute atomic E-state index is 11.9. The fraction of sp³-hybridized carbons (Fsp3) is 0.286. The molecule has 4 nitrogen and oxygen atoms in total. The maximum Gasteiger partial charge on any atom is 0.184 e. The first-order chi connectivity index (χ1) is 8.65. The minimum atomic E-state index is 0.0368. The van der Waals surface area contributed by atoms with Crippen molar-refractivity contribution in [3.05, 3.63) is 48.3 Å². The standard InChI is InChI=1S/C14H16N2O2/c1-11(2)18-13-8-15-16(9-13)10-14(17)12-6-4-3-5-7-12/h3-9,11H,10H2,1-2H3. The Morgan fingerprint density at radius 3 is 2.72 bits per heavy atom. The molecule has 0 spiro atoms. The van der Waals surface area contributed by atoms with E-state index in [-0.39, 0.29) is 18.4 Å². The summed E-state index contributed by atoms with van der Waals surface area (Å²) in [5, 5.41) is 4.11. The summed E-state index contributed by atoms with van der Waals surface area (Å²) in [6.45, 7) is 4.13. The van der Waals surface area contributed by atoms with Gasteiger partial charge in [-0.1, -0.05) is 30.3 Å². The van der Waals surface area contributed by atoms with Crippen LogP contribution in [0.5, 0.6) is 5.75 Å². The molecule has 1 aromatic carbocycles. The van der Waals surface area contributed by atoms with Crippen molar-refractivity contribution in [2.45, 2.75) is 26.5 Å². The van der Waals surface area contributed by atoms with E-state index >= 15 is 0 Å². The second-order valence-electron chi connectivity index (χ2n) is 4.33. The first-order valence-electron chi connectivity index (χ1n) is 5.92. The van der Waals surface area contributed by atoms with E-state index in [9.17, 15) is 4.79 Å². The zero-order valence-corrected chi connectivity index (χ0v) is 10.5. The topological polar surface area (TPSA) is 44.1 Å². The summed E-state index contributed by atoms with van der Waals surface area (Å²) >= 11 is 0. The zero-order chi connectivity index (χ0) is 13.0. The lowest BCUT2D eigenvalue weighted by Gasteiger charge is -2.05. The van der Waals surface area contributed by atoms with Crippen LogP contribution in [0.2, 0.25) is 0 Å². The van der Waals surface area contributed by atoms with Gasteiger partial charge in [-0.25, -0.2) is 0 Å². The molecule has 0 unspecified atom stereocenters. The SMILES string of the molecule is CC(C)Oc1cnn(CC(=O)c2ccccc2)c1. The minimum absolute atomic E-state index is 0.0368. The highest BCUT2D eigenvalue weighted by Crippen LogP contribution is 2.11. The summed E-state index contributed by atoms with van der Waals surface area (Å²) in [6.07, 6.45) is 3.46. The molecular formula is C14H16N2O2. The third kappa shape index (κ3) is 3.20. The summed E-state index contributed by atoms with van der Waals surface area (Å²) in [5.74, 6) is 0.723. The highest BCUT2D eigenvalue weighted by molar-refractivity contribution is 5.95. The van der Waals surface area contributed by atoms with Crippen LogP contribution in [-0.2, 0) is 6.54 Å². The summed E-state index contributed by atoms with van der Waals surface area (Å²) in [7, 11) is 0. The fourth-order valence-corrected chi connectivity index (χ4v) is 1.63. The number of carbonyl (C=O) groups is 1. The van der Waals surface area contributed by atoms with Gasteiger partial charge in [0.1, 0.15) is 6.54 Å². The smallest absolute Gasteiger partial charge is 0.184 e. The molecular weight excluding hydrogens is 228 g/mol. The van der Waals surface area contributed by atoms with Crippen molar-refractivity contribution in [3.8, 4) is 5.75 Å². The van der Waals surface area contributed by atoms with E-state index < -0.39 is 0 Å². The highest BCUT2D eigenvalue weighted by Gasteiger charge is 2.08. The van der Waals surface area contributed by atoms with Gasteiger partial charge in [0.2, 0.25) is 0 Å². The number of ketones is 1. The monoisotopic (exact) mass is 244 g/mol. The Labute approximate surface area is 106 Å². The predicted octanol–water partition coefficient (Wildman–Crippen LogP) is 2.55. The molecule has 0 N–H and O–H groups in total. The minimum Gasteiger partial charge on any atom is -0.488 e. The van der Waals surface area contributed by atoms with Crippen molar-refractivity contribution in [1.82, 2.24) is 9.78 Å². The molecule has 0 atom stereocenters. The molecule has 1 aromatic heterocycles. The van der Waals surface area contributed by atoms with Crippen molar-refractivity contribution >= 4 is 5.78 Å². The van der Waals surface area contributed by atoms with Gasteiger partial charge in [-0.05, 0) is 13.8 Å². The van der Waals surface area contributed by atoms with E-state index in [0.29, 0.717) is 11.3 Å². The van der Waals surface area contributed by atoms with Crippen LogP contribution < -0.4 is 4.74 Å². The number of ether oxygens (including phenoxy) is 1. The van der Waals surface area contributed by atoms with E-state index in [0.717, 1.165) is 0 Å². The molecule has 0 bridgehead atoms. The van der Waals surface area contributed by atoms with Gasteiger partial charge in [-0.3, -0.25) is 9.48 Å². The maximum atomic E-state index is 11.9. The van der Waals surface area contributed by atoms with E-state index in [1.807, 2.05) is 32.0 Å². The van der Waals surface area contributed by atoms with Crippen LogP contribution in [0, 0.1) is 0 Å². The average molecular weight is 244 g/mol. The van der Waals surface area contributed by atoms with Crippen LogP contribution in [0.3, 0.4) is 0 Å². The molecule has 2 rings (SSSR count). The number of rotatable bonds is 5. The molecule has 1 heterocycles. The second-order valence-corrected chi connectivity index (χ2v) is 4.33. The second kappa shape index (κ2) is 5.49. The van der Waals surface area contributed by atoms with Gasteiger partial charge < -0.3 is 4.74 Å². The lowest BCUT2D eigenvalue weighted by molar-refractivity contribution is 0.0967. The quantitative estimate of drug-likeness (QED) is 0.759. The average Bonchev–Trinajstić information content (AvgIpc) is 2.76. The van der Waals surface area contributed by atoms with Crippen LogP contribution in [0.4, 0.5) is 0 Å². The van der Waals surface area contributed by atoms with Gasteiger partial charge in [0.15, 0.2) is 11.5 Å². The largest absolute Gasteiger partial charge is 0.488 e. The van der Waals surface area contributed by atoms with Crippen LogP contribution in [0.25, 0.3) is 0 Å². The molecule has 0 amide bonds. The van der Waals surface area contributed by atoms with Crippen LogP contribution in [0.15, 0.2) is 42.7 Å². The number of aromatic nitrogens is 2. The molecule has 0 radical (unpaired) electrons. The molecule has 0 saturated carbocycles. The van der Waals surface area contributed by atoms with E-state index in [2.05, 4.69) is 5.10 Å². The summed E-state index contributed by atoms with van der Waals surface area (Å²) in [4.78, 5) is 11.9. The Bertz CT molecular complexity index is 518. The third-order valence-electron chi connectivity index (χ3n) is 2.38. The zero-order valence-electron chi connectivity index (χ0n) is 10.5. The Morgan fingerprint density at radius 2 is 2.06 bits per heavy atom. The third-order valence-corrected chi connectivity index (χ3v) is 2.38. The molecule has 0 aliphatic heterocycles. The summed E-state index contributed by atoms with van der Waals surface area (Å²) in [6, 6.07) is 9.20. The molecule has 94 valence electrons. The molecule has 0 saturated heterocycles. The number of benzene rings is 1. The van der Waals surface area contributed by atoms with Gasteiger partial charge in [0.25, 0.3) is 0 Å². The Kier molecular flexibility index (Phi) is 3.77. The van der Waals surface area contributed by atoms with E-state index in [1.54, 1.807) is 29.2 Å². The summed E-state index contributed by atoms with van der Waals surface area (Å²) < 4.78 is 7.08. The number of hydrogen-bond acceptors (Lipinski definition) is 3. The summed E-state index contributed by atoms with van der Waals surface area (Å²) in [5.41, 5.74) is 0.694. The first kappa shape index (κ1) is 12.4. The van der Waals surface area contributed by atoms with Gasteiger partial charge in [-0.2, -0.15) is 5.10 Å². The highest BCUT2D eigenvalue weighted by atomic mass is 16.5. The Morgan fingerprint density at radius 1 is 1.33 bits per heavy atom. The van der Waals surface area contributed by atoms with Crippen LogP contribution in [0.1, 0.15) is 24.2 Å². The van der Waals surface area contributed by atoms with Crippen molar-refractivity contribution in [2.75, 3.05) is 0 Å². The van der Waals surface area contributed by atoms with Crippen molar-refractivity contribution in [3.63, 3.8) is 0 Å². The number of carbonyl (C=O) groups excluding carboxylic acids is 1. The van der Waals surface area contributed by atoms with Crippen molar-refractivity contribution in [1.29, 1.82) is 0 Å². The molecule has 0 fully saturated rings.